The van der Waals surface area contributed by atoms with E-state index in [9.17, 15) is 43.2 Å². The number of ether oxygens (including phenoxy) is 4. The van der Waals surface area contributed by atoms with Crippen molar-refractivity contribution in [1.29, 1.82) is 0 Å². The average Bonchev–Trinajstić information content (AvgIpc) is 0.986. The second kappa shape index (κ2) is 70.9. The van der Waals surface area contributed by atoms with E-state index in [2.05, 4.69) is 137 Å². The molecule has 17 nitrogen and oxygen atoms in total. The smallest absolute Gasteiger partial charge is 0.462 e. The highest BCUT2D eigenvalue weighted by Crippen LogP contribution is 2.45. The number of rotatable bonds is 70. The van der Waals surface area contributed by atoms with Crippen molar-refractivity contribution < 1.29 is 80.2 Å². The number of carbonyl (C=O) groups excluding carboxylic acids is 4. The molecule has 0 heterocycles. The van der Waals surface area contributed by atoms with E-state index in [1.54, 1.807) is 0 Å². The molecule has 0 aromatic rings. The average molecular weight is 1420 g/mol. The van der Waals surface area contributed by atoms with Gasteiger partial charge in [-0.2, -0.15) is 0 Å². The van der Waals surface area contributed by atoms with Gasteiger partial charge in [-0.3, -0.25) is 37.3 Å². The monoisotopic (exact) mass is 1420 g/mol. The zero-order valence-corrected chi connectivity index (χ0v) is 63.0. The largest absolute Gasteiger partial charge is 0.472 e. The normalized spacial score (nSPS) is 14.6. The van der Waals surface area contributed by atoms with Gasteiger partial charge >= 0.3 is 39.5 Å². The number of aliphatic hydroxyl groups excluding tert-OH is 1. The number of aliphatic hydroxyl groups is 1. The van der Waals surface area contributed by atoms with Gasteiger partial charge in [0.2, 0.25) is 0 Å². The Labute approximate surface area is 593 Å². The van der Waals surface area contributed by atoms with Crippen LogP contribution in [0.1, 0.15) is 297 Å². The van der Waals surface area contributed by atoms with E-state index in [1.807, 2.05) is 12.2 Å². The van der Waals surface area contributed by atoms with Crippen molar-refractivity contribution in [3.05, 3.63) is 122 Å². The highest BCUT2D eigenvalue weighted by molar-refractivity contribution is 7.47. The Morgan fingerprint density at radius 3 is 0.918 bits per heavy atom. The van der Waals surface area contributed by atoms with Gasteiger partial charge in [-0.1, -0.05) is 271 Å². The van der Waals surface area contributed by atoms with E-state index < -0.39 is 97.5 Å². The number of phosphoric ester groups is 2. The maximum Gasteiger partial charge on any atom is 0.472 e. The molecule has 0 radical (unpaired) electrons. The fraction of sp³-hybridized carbons (Fsp3) is 0.696. The molecule has 0 saturated heterocycles. The Kier molecular flexibility index (Phi) is 67.6. The molecule has 5 unspecified atom stereocenters. The maximum absolute atomic E-state index is 13.1. The summed E-state index contributed by atoms with van der Waals surface area (Å²) in [4.78, 5) is 72.7. The van der Waals surface area contributed by atoms with Crippen LogP contribution in [0.5, 0.6) is 0 Å². The predicted molar refractivity (Wildman–Crippen MR) is 399 cm³/mol. The summed E-state index contributed by atoms with van der Waals surface area (Å²) in [5.41, 5.74) is 0. The van der Waals surface area contributed by atoms with E-state index in [0.29, 0.717) is 38.5 Å². The molecule has 0 fully saturated rings. The van der Waals surface area contributed by atoms with Crippen LogP contribution in [0, 0.1) is 0 Å². The van der Waals surface area contributed by atoms with E-state index in [0.717, 1.165) is 122 Å². The number of allylic oxidation sites excluding steroid dienone is 20. The highest BCUT2D eigenvalue weighted by atomic mass is 31.2. The van der Waals surface area contributed by atoms with Crippen molar-refractivity contribution in [3.63, 3.8) is 0 Å². The molecule has 0 saturated carbocycles. The van der Waals surface area contributed by atoms with Gasteiger partial charge in [-0.05, 0) is 122 Å². The lowest BCUT2D eigenvalue weighted by Crippen LogP contribution is -2.30. The second-order valence-electron chi connectivity index (χ2n) is 24.8. The lowest BCUT2D eigenvalue weighted by atomic mass is 10.0. The zero-order valence-electron chi connectivity index (χ0n) is 61.2. The Hall–Kier alpha value is -4.54. The summed E-state index contributed by atoms with van der Waals surface area (Å²) >= 11 is 0. The van der Waals surface area contributed by atoms with Gasteiger partial charge in [0.05, 0.1) is 26.4 Å². The minimum Gasteiger partial charge on any atom is -0.462 e. The summed E-state index contributed by atoms with van der Waals surface area (Å²) < 4.78 is 68.3. The molecule has 0 aliphatic carbocycles. The van der Waals surface area contributed by atoms with Crippen LogP contribution in [0.2, 0.25) is 0 Å². The number of carbonyl (C=O) groups is 4. The van der Waals surface area contributed by atoms with Crippen molar-refractivity contribution >= 4 is 39.5 Å². The number of esters is 4. The number of phosphoric acid groups is 2. The van der Waals surface area contributed by atoms with E-state index in [1.165, 1.54) is 83.5 Å². The third kappa shape index (κ3) is 69.9. The van der Waals surface area contributed by atoms with Gasteiger partial charge < -0.3 is 33.8 Å². The third-order valence-electron chi connectivity index (χ3n) is 15.4. The molecular formula is C79H134O17P2. The summed E-state index contributed by atoms with van der Waals surface area (Å²) in [5, 5.41) is 10.6. The minimum atomic E-state index is -5.00. The molecule has 3 N–H and O–H groups in total. The lowest BCUT2D eigenvalue weighted by molar-refractivity contribution is -0.161. The molecule has 0 amide bonds. The van der Waals surface area contributed by atoms with Crippen molar-refractivity contribution in [2.75, 3.05) is 39.6 Å². The van der Waals surface area contributed by atoms with Gasteiger partial charge in [0.25, 0.3) is 0 Å². The Morgan fingerprint density at radius 1 is 0.296 bits per heavy atom. The van der Waals surface area contributed by atoms with Crippen LogP contribution in [0.25, 0.3) is 0 Å². The standard InChI is InChI=1S/C79H134O17P2/c1-5-9-13-17-21-25-29-32-35-36-39-41-45-48-52-56-60-64-77(82)90-70-75(96-79(84)66-62-58-54-50-46-42-38-34-31-27-23-19-15-11-7-3)72-94-98(87,88)92-68-73(80)67-91-97(85,86)93-71-74(95-78(83)65-61-57-53-49-43-28-24-20-16-12-8-4)69-89-76(81)63-59-55-51-47-44-40-37-33-30-26-22-18-14-10-6-2/h9,11,13,15,20-21,23-25,27,32,34-35,38-39,41,46,48,50,52,73-75,80H,5-8,10,12,14,16-19,22,26,28-31,33,36-37,40,42-45,47,49,51,53-72H2,1-4H3,(H,85,86)(H,87,88)/b13-9-,15-11-,24-20-,25-21-,27-23-,35-32-,38-34-,41-39-,50-46-,52-48-. The zero-order chi connectivity index (χ0) is 71.8. The van der Waals surface area contributed by atoms with Gasteiger partial charge in [0.1, 0.15) is 19.3 Å². The first-order valence-corrected chi connectivity index (χ1v) is 40.8. The quantitative estimate of drug-likeness (QED) is 0.0169. The fourth-order valence-electron chi connectivity index (χ4n) is 9.70. The molecular weight excluding hydrogens is 1280 g/mol. The molecule has 0 rings (SSSR count). The number of hydrogen-bond donors (Lipinski definition) is 3. The van der Waals surface area contributed by atoms with Crippen LogP contribution in [-0.4, -0.2) is 96.7 Å². The van der Waals surface area contributed by atoms with Crippen LogP contribution in [-0.2, 0) is 65.4 Å². The van der Waals surface area contributed by atoms with Crippen LogP contribution in [0.3, 0.4) is 0 Å². The first-order valence-electron chi connectivity index (χ1n) is 37.8. The van der Waals surface area contributed by atoms with E-state index >= 15 is 0 Å². The molecule has 0 aliphatic rings. The van der Waals surface area contributed by atoms with Crippen LogP contribution in [0.15, 0.2) is 122 Å². The van der Waals surface area contributed by atoms with Gasteiger partial charge in [0.15, 0.2) is 12.2 Å². The molecule has 0 aromatic carbocycles. The van der Waals surface area contributed by atoms with Crippen molar-refractivity contribution in [2.24, 2.45) is 0 Å². The molecule has 0 spiro atoms. The molecule has 0 bridgehead atoms. The van der Waals surface area contributed by atoms with Crippen LogP contribution >= 0.6 is 15.6 Å². The predicted octanol–water partition coefficient (Wildman–Crippen LogP) is 21.6. The molecule has 98 heavy (non-hydrogen) atoms. The molecule has 0 aliphatic heterocycles. The summed E-state index contributed by atoms with van der Waals surface area (Å²) in [7, 11) is -9.98. The van der Waals surface area contributed by atoms with Gasteiger partial charge in [0, 0.05) is 25.7 Å². The van der Waals surface area contributed by atoms with Crippen molar-refractivity contribution in [2.45, 2.75) is 316 Å². The summed E-state index contributed by atoms with van der Waals surface area (Å²) in [6, 6.07) is 0. The summed E-state index contributed by atoms with van der Waals surface area (Å²) in [6.45, 7) is 4.49. The lowest BCUT2D eigenvalue weighted by Gasteiger charge is -2.21. The summed E-state index contributed by atoms with van der Waals surface area (Å²) in [5.74, 6) is -2.30. The second-order valence-corrected chi connectivity index (χ2v) is 27.7. The van der Waals surface area contributed by atoms with Gasteiger partial charge in [-0.15, -0.1) is 0 Å². The minimum absolute atomic E-state index is 0.0278. The molecule has 19 heteroatoms. The number of unbranched alkanes of at least 4 members (excludes halogenated alkanes) is 24. The maximum atomic E-state index is 13.1. The molecule has 562 valence electrons. The Bertz CT molecular complexity index is 2340. The van der Waals surface area contributed by atoms with Crippen LogP contribution < -0.4 is 0 Å². The summed E-state index contributed by atoms with van der Waals surface area (Å²) in [6.07, 6.45) is 76.4. The van der Waals surface area contributed by atoms with E-state index in [4.69, 9.17) is 37.0 Å². The number of hydrogen-bond acceptors (Lipinski definition) is 15. The first kappa shape index (κ1) is 93.5. The van der Waals surface area contributed by atoms with Crippen molar-refractivity contribution in [3.8, 4) is 0 Å². The molecule has 0 aromatic heterocycles. The first-order chi connectivity index (χ1) is 47.7. The fourth-order valence-corrected chi connectivity index (χ4v) is 11.3. The van der Waals surface area contributed by atoms with Gasteiger partial charge in [-0.25, -0.2) is 9.13 Å². The van der Waals surface area contributed by atoms with E-state index in [-0.39, 0.29) is 25.7 Å². The Morgan fingerprint density at radius 2 is 0.551 bits per heavy atom. The molecule has 5 atom stereocenters. The highest BCUT2D eigenvalue weighted by Gasteiger charge is 2.30. The topological polar surface area (TPSA) is 237 Å². The van der Waals surface area contributed by atoms with Crippen molar-refractivity contribution in [1.82, 2.24) is 0 Å². The van der Waals surface area contributed by atoms with Crippen LogP contribution in [0.4, 0.5) is 0 Å². The third-order valence-corrected chi connectivity index (χ3v) is 17.3. The SMILES string of the molecule is CC/C=C\C/C=C\C/C=C\C/C=C\C/C=C\CCCC(=O)OCC(COP(=O)(O)OCC(O)COP(=O)(O)OCC(COC(=O)CCCCCCCCCCCCCCCCC)OC(=O)CCCCCCC/C=C\CCCC)OC(=O)CCCC/C=C\C/C=C\C/C=C\C/C=C\CC. The Balaban J connectivity index is 5.41.